The Bertz CT molecular complexity index is 356. The molecule has 1 rings (SSSR count). The van der Waals surface area contributed by atoms with Crippen molar-refractivity contribution in [2.24, 2.45) is 0 Å². The lowest BCUT2D eigenvalue weighted by molar-refractivity contribution is -0.137. The molecule has 0 spiro atoms. The molecule has 0 unspecified atom stereocenters. The number of rotatable bonds is 3. The van der Waals surface area contributed by atoms with Crippen molar-refractivity contribution in [3.63, 3.8) is 0 Å². The van der Waals surface area contributed by atoms with Crippen LogP contribution in [-0.2, 0) is 12.6 Å². The van der Waals surface area contributed by atoms with Crippen molar-refractivity contribution in [3.05, 3.63) is 29.3 Å². The van der Waals surface area contributed by atoms with Gasteiger partial charge in [0.05, 0.1) is 11.7 Å². The van der Waals surface area contributed by atoms with E-state index in [1.165, 1.54) is 0 Å². The summed E-state index contributed by atoms with van der Waals surface area (Å²) < 4.78 is 43.0. The molecule has 0 fully saturated rings. The molecule has 0 aliphatic carbocycles. The third-order valence-corrected chi connectivity index (χ3v) is 2.07. The fourth-order valence-electron chi connectivity index (χ4n) is 1.37. The molecule has 0 amide bonds. The maximum Gasteiger partial charge on any atom is 0.416 e. The van der Waals surface area contributed by atoms with Crippen molar-refractivity contribution >= 4 is 0 Å². The minimum atomic E-state index is -4.32. The Balaban J connectivity index is 3.11. The van der Waals surface area contributed by atoms with Crippen LogP contribution in [0.3, 0.4) is 0 Å². The predicted molar refractivity (Wildman–Crippen MR) is 56.6 cm³/mol. The Morgan fingerprint density at radius 3 is 2.25 bits per heavy atom. The second-order valence-electron chi connectivity index (χ2n) is 3.88. The minimum Gasteiger partial charge on any atom is -0.491 e. The first kappa shape index (κ1) is 12.9. The van der Waals surface area contributed by atoms with Gasteiger partial charge in [0, 0.05) is 0 Å². The van der Waals surface area contributed by atoms with Crippen molar-refractivity contribution in [2.45, 2.75) is 39.5 Å². The molecule has 0 radical (unpaired) electrons. The van der Waals surface area contributed by atoms with Crippen molar-refractivity contribution in [1.82, 2.24) is 0 Å². The van der Waals surface area contributed by atoms with Gasteiger partial charge >= 0.3 is 6.18 Å². The van der Waals surface area contributed by atoms with Crippen LogP contribution < -0.4 is 4.74 Å². The topological polar surface area (TPSA) is 9.23 Å². The first-order chi connectivity index (χ1) is 7.32. The highest BCUT2D eigenvalue weighted by molar-refractivity contribution is 5.36. The second kappa shape index (κ2) is 4.76. The smallest absolute Gasteiger partial charge is 0.416 e. The molecule has 0 aromatic heterocycles. The molecule has 4 heteroatoms. The molecule has 90 valence electrons. The van der Waals surface area contributed by atoms with Crippen LogP contribution in [-0.4, -0.2) is 6.10 Å². The van der Waals surface area contributed by atoms with Crippen LogP contribution in [0.15, 0.2) is 18.2 Å². The van der Waals surface area contributed by atoms with Gasteiger partial charge in [0.15, 0.2) is 0 Å². The molecule has 16 heavy (non-hydrogen) atoms. The molecule has 0 bridgehead atoms. The highest BCUT2D eigenvalue weighted by atomic mass is 19.4. The summed E-state index contributed by atoms with van der Waals surface area (Å²) in [6, 6.07) is 3.85. The van der Waals surface area contributed by atoms with Crippen molar-refractivity contribution in [1.29, 1.82) is 0 Å². The molecule has 0 atom stereocenters. The molecule has 0 aliphatic rings. The molecule has 0 aliphatic heterocycles. The number of alkyl halides is 3. The number of ether oxygens (including phenoxy) is 1. The third kappa shape index (κ3) is 3.43. The Morgan fingerprint density at radius 2 is 1.81 bits per heavy atom. The summed E-state index contributed by atoms with van der Waals surface area (Å²) in [6.45, 7) is 5.38. The van der Waals surface area contributed by atoms with Crippen molar-refractivity contribution < 1.29 is 17.9 Å². The van der Waals surface area contributed by atoms with Gasteiger partial charge in [-0.2, -0.15) is 13.2 Å². The standard InChI is InChI=1S/C12H15F3O/c1-4-9-5-10(12(13,14)15)7-11(6-9)16-8(2)3/h5-8H,4H2,1-3H3. The Hall–Kier alpha value is -1.19. The number of benzene rings is 1. The fraction of sp³-hybridized carbons (Fsp3) is 0.500. The molecule has 1 aromatic rings. The van der Waals surface area contributed by atoms with Crippen LogP contribution in [0.2, 0.25) is 0 Å². The number of aryl methyl sites for hydroxylation is 1. The third-order valence-electron chi connectivity index (χ3n) is 2.07. The summed E-state index contributed by atoms with van der Waals surface area (Å²) in [5.41, 5.74) is -0.0204. The minimum absolute atomic E-state index is 0.131. The summed E-state index contributed by atoms with van der Waals surface area (Å²) in [7, 11) is 0. The average molecular weight is 232 g/mol. The van der Waals surface area contributed by atoms with Crippen molar-refractivity contribution in [2.75, 3.05) is 0 Å². The van der Waals surface area contributed by atoms with E-state index in [4.69, 9.17) is 4.74 Å². The Morgan fingerprint density at radius 1 is 1.19 bits per heavy atom. The second-order valence-corrected chi connectivity index (χ2v) is 3.88. The predicted octanol–water partition coefficient (Wildman–Crippen LogP) is 4.06. The first-order valence-electron chi connectivity index (χ1n) is 5.20. The zero-order chi connectivity index (χ0) is 12.3. The van der Waals surface area contributed by atoms with E-state index in [9.17, 15) is 13.2 Å². The summed E-state index contributed by atoms with van der Waals surface area (Å²) in [5, 5.41) is 0. The lowest BCUT2D eigenvalue weighted by atomic mass is 10.1. The summed E-state index contributed by atoms with van der Waals surface area (Å²) in [4.78, 5) is 0. The Labute approximate surface area is 93.2 Å². The average Bonchev–Trinajstić information content (AvgIpc) is 2.14. The van der Waals surface area contributed by atoms with E-state index in [0.717, 1.165) is 12.1 Å². The van der Waals surface area contributed by atoms with Gasteiger partial charge in [-0.05, 0) is 44.0 Å². The van der Waals surface area contributed by atoms with Gasteiger partial charge in [0.1, 0.15) is 5.75 Å². The van der Waals surface area contributed by atoms with Crippen LogP contribution in [0.5, 0.6) is 5.75 Å². The van der Waals surface area contributed by atoms with E-state index in [1.807, 2.05) is 6.92 Å². The largest absolute Gasteiger partial charge is 0.491 e. The van der Waals surface area contributed by atoms with Gasteiger partial charge in [0.25, 0.3) is 0 Å². The molecule has 1 aromatic carbocycles. The lowest BCUT2D eigenvalue weighted by Crippen LogP contribution is -2.09. The fourth-order valence-corrected chi connectivity index (χ4v) is 1.37. The normalized spacial score (nSPS) is 11.9. The molecule has 0 saturated carbocycles. The molecule has 0 saturated heterocycles. The number of hydrogen-bond acceptors (Lipinski definition) is 1. The highest BCUT2D eigenvalue weighted by Gasteiger charge is 2.31. The SMILES string of the molecule is CCc1cc(OC(C)C)cc(C(F)(F)F)c1. The summed E-state index contributed by atoms with van der Waals surface area (Å²) >= 11 is 0. The van der Waals surface area contributed by atoms with Gasteiger partial charge in [-0.1, -0.05) is 6.92 Å². The molecular weight excluding hydrogens is 217 g/mol. The summed E-state index contributed by atoms with van der Waals surface area (Å²) in [6.07, 6.45) is -3.90. The van der Waals surface area contributed by atoms with Gasteiger partial charge in [0.2, 0.25) is 0 Å². The lowest BCUT2D eigenvalue weighted by Gasteiger charge is -2.14. The number of hydrogen-bond donors (Lipinski definition) is 0. The highest BCUT2D eigenvalue weighted by Crippen LogP contribution is 2.33. The van der Waals surface area contributed by atoms with Crippen LogP contribution in [0.4, 0.5) is 13.2 Å². The van der Waals surface area contributed by atoms with E-state index >= 15 is 0 Å². The number of halogens is 3. The zero-order valence-corrected chi connectivity index (χ0v) is 9.56. The van der Waals surface area contributed by atoms with Gasteiger partial charge in [-0.15, -0.1) is 0 Å². The monoisotopic (exact) mass is 232 g/mol. The quantitative estimate of drug-likeness (QED) is 0.763. The van der Waals surface area contributed by atoms with Crippen LogP contribution in [0.25, 0.3) is 0 Å². The Kier molecular flexibility index (Phi) is 3.83. The van der Waals surface area contributed by atoms with E-state index in [0.29, 0.717) is 12.0 Å². The van der Waals surface area contributed by atoms with E-state index in [1.54, 1.807) is 19.9 Å². The van der Waals surface area contributed by atoms with Crippen molar-refractivity contribution in [3.8, 4) is 5.75 Å². The van der Waals surface area contributed by atoms with Gasteiger partial charge < -0.3 is 4.74 Å². The van der Waals surface area contributed by atoms with Gasteiger partial charge in [-0.3, -0.25) is 0 Å². The van der Waals surface area contributed by atoms with Crippen LogP contribution in [0.1, 0.15) is 31.9 Å². The molecular formula is C12H15F3O. The van der Waals surface area contributed by atoms with E-state index in [2.05, 4.69) is 0 Å². The van der Waals surface area contributed by atoms with Crippen LogP contribution >= 0.6 is 0 Å². The molecule has 0 heterocycles. The summed E-state index contributed by atoms with van der Waals surface area (Å²) in [5.74, 6) is 0.279. The maximum absolute atomic E-state index is 12.6. The molecule has 1 nitrogen and oxygen atoms in total. The first-order valence-corrected chi connectivity index (χ1v) is 5.20. The van der Waals surface area contributed by atoms with Gasteiger partial charge in [-0.25, -0.2) is 0 Å². The van der Waals surface area contributed by atoms with E-state index < -0.39 is 11.7 Å². The zero-order valence-electron chi connectivity index (χ0n) is 9.56. The van der Waals surface area contributed by atoms with Crippen LogP contribution in [0, 0.1) is 0 Å². The van der Waals surface area contributed by atoms with E-state index in [-0.39, 0.29) is 11.9 Å². The maximum atomic E-state index is 12.6. The molecule has 0 N–H and O–H groups in total.